The highest BCUT2D eigenvalue weighted by Crippen LogP contribution is 2.21. The van der Waals surface area contributed by atoms with Crippen LogP contribution in [-0.2, 0) is 16.4 Å². The monoisotopic (exact) mass is 422 g/mol. The van der Waals surface area contributed by atoms with Crippen LogP contribution in [0.5, 0.6) is 0 Å². The minimum absolute atomic E-state index is 0.174. The molecule has 0 spiro atoms. The number of nitrogens with one attached hydrogen (secondary N) is 2. The Kier molecular flexibility index (Phi) is 6.90. The number of hydrogen-bond donors (Lipinski definition) is 2. The molecular formula is C24H26N2O3S. The Morgan fingerprint density at radius 2 is 1.60 bits per heavy atom. The molecule has 0 fully saturated rings. The molecule has 0 aliphatic carbocycles. The quantitative estimate of drug-likeness (QED) is 0.526. The lowest BCUT2D eigenvalue weighted by Gasteiger charge is -2.12. The zero-order valence-electron chi connectivity index (χ0n) is 17.2. The zero-order valence-corrected chi connectivity index (χ0v) is 18.0. The van der Waals surface area contributed by atoms with Crippen LogP contribution >= 0.6 is 0 Å². The Morgan fingerprint density at radius 1 is 0.900 bits per heavy atom. The Bertz CT molecular complexity index is 1110. The minimum atomic E-state index is -3.69. The summed E-state index contributed by atoms with van der Waals surface area (Å²) in [6.45, 7) is 4.19. The lowest BCUT2D eigenvalue weighted by molar-refractivity contribution is 0.0953. The molecule has 2 N–H and O–H groups in total. The number of carbonyl (C=O) groups is 1. The van der Waals surface area contributed by atoms with Crippen molar-refractivity contribution < 1.29 is 13.2 Å². The van der Waals surface area contributed by atoms with Crippen LogP contribution in [0.2, 0.25) is 0 Å². The van der Waals surface area contributed by atoms with Gasteiger partial charge in [-0.15, -0.1) is 0 Å². The smallest absolute Gasteiger partial charge is 0.262 e. The van der Waals surface area contributed by atoms with Crippen LogP contribution in [0, 0.1) is 13.8 Å². The standard InChI is InChI=1S/C24H26N2O3S/c1-18-10-11-19(2)23(17-18)30(28,29)26-22-14-12-21(13-15-22)24(27)25-16-6-9-20-7-4-3-5-8-20/h3-5,7-8,10-15,17,26H,6,9,16H2,1-2H3,(H,25,27). The highest BCUT2D eigenvalue weighted by Gasteiger charge is 2.17. The van der Waals surface area contributed by atoms with Gasteiger partial charge in [0, 0.05) is 17.8 Å². The summed E-state index contributed by atoms with van der Waals surface area (Å²) < 4.78 is 28.0. The van der Waals surface area contributed by atoms with E-state index in [1.165, 1.54) is 5.56 Å². The van der Waals surface area contributed by atoms with Gasteiger partial charge in [-0.2, -0.15) is 0 Å². The van der Waals surface area contributed by atoms with Gasteiger partial charge in [-0.3, -0.25) is 9.52 Å². The van der Waals surface area contributed by atoms with Crippen LogP contribution in [0.4, 0.5) is 5.69 Å². The molecular weight excluding hydrogens is 396 g/mol. The van der Waals surface area contributed by atoms with Crippen molar-refractivity contribution in [2.45, 2.75) is 31.6 Å². The van der Waals surface area contributed by atoms with Crippen molar-refractivity contribution in [3.63, 3.8) is 0 Å². The van der Waals surface area contributed by atoms with Crippen molar-refractivity contribution in [3.8, 4) is 0 Å². The second-order valence-electron chi connectivity index (χ2n) is 7.30. The van der Waals surface area contributed by atoms with E-state index in [9.17, 15) is 13.2 Å². The molecule has 6 heteroatoms. The lowest BCUT2D eigenvalue weighted by atomic mass is 10.1. The first-order valence-electron chi connectivity index (χ1n) is 9.87. The molecule has 0 atom stereocenters. The number of benzene rings is 3. The molecule has 0 aliphatic heterocycles. The number of hydrogen-bond acceptors (Lipinski definition) is 3. The fraction of sp³-hybridized carbons (Fsp3) is 0.208. The Balaban J connectivity index is 1.56. The second-order valence-corrected chi connectivity index (χ2v) is 8.95. The summed E-state index contributed by atoms with van der Waals surface area (Å²) in [5, 5.41) is 2.90. The van der Waals surface area contributed by atoms with Gasteiger partial charge in [-0.05, 0) is 73.7 Å². The van der Waals surface area contributed by atoms with Crippen LogP contribution in [0.3, 0.4) is 0 Å². The first kappa shape index (κ1) is 21.6. The van der Waals surface area contributed by atoms with Gasteiger partial charge in [0.05, 0.1) is 4.90 Å². The van der Waals surface area contributed by atoms with Crippen molar-refractivity contribution in [2.75, 3.05) is 11.3 Å². The maximum absolute atomic E-state index is 12.7. The van der Waals surface area contributed by atoms with Crippen LogP contribution < -0.4 is 10.0 Å². The van der Waals surface area contributed by atoms with Gasteiger partial charge in [0.1, 0.15) is 0 Å². The predicted molar refractivity (Wildman–Crippen MR) is 120 cm³/mol. The van der Waals surface area contributed by atoms with E-state index in [0.717, 1.165) is 18.4 Å². The molecule has 156 valence electrons. The number of rotatable bonds is 8. The number of anilines is 1. The molecule has 0 radical (unpaired) electrons. The highest BCUT2D eigenvalue weighted by molar-refractivity contribution is 7.92. The molecule has 0 unspecified atom stereocenters. The van der Waals surface area contributed by atoms with E-state index in [1.807, 2.05) is 31.2 Å². The van der Waals surface area contributed by atoms with Crippen LogP contribution in [0.15, 0.2) is 77.7 Å². The Labute approximate surface area is 178 Å². The SMILES string of the molecule is Cc1ccc(C)c(S(=O)(=O)Nc2ccc(C(=O)NCCCc3ccccc3)cc2)c1. The third kappa shape index (κ3) is 5.70. The molecule has 3 aromatic carbocycles. The summed E-state index contributed by atoms with van der Waals surface area (Å²) in [4.78, 5) is 12.6. The maximum atomic E-state index is 12.7. The third-order valence-electron chi connectivity index (χ3n) is 4.80. The molecule has 0 aromatic heterocycles. The third-order valence-corrected chi connectivity index (χ3v) is 6.33. The predicted octanol–water partition coefficient (Wildman–Crippen LogP) is 4.47. The fourth-order valence-corrected chi connectivity index (χ4v) is 4.53. The van der Waals surface area contributed by atoms with E-state index in [2.05, 4.69) is 22.2 Å². The van der Waals surface area contributed by atoms with Crippen molar-refractivity contribution in [1.82, 2.24) is 5.32 Å². The molecule has 30 heavy (non-hydrogen) atoms. The average Bonchev–Trinajstić information content (AvgIpc) is 2.74. The fourth-order valence-electron chi connectivity index (χ4n) is 3.14. The summed E-state index contributed by atoms with van der Waals surface area (Å²) in [5.41, 5.74) is 3.70. The summed E-state index contributed by atoms with van der Waals surface area (Å²) in [6.07, 6.45) is 1.75. The highest BCUT2D eigenvalue weighted by atomic mass is 32.2. The van der Waals surface area contributed by atoms with Gasteiger partial charge in [0.15, 0.2) is 0 Å². The van der Waals surface area contributed by atoms with Gasteiger partial charge < -0.3 is 5.32 Å². The topological polar surface area (TPSA) is 75.3 Å². The molecule has 3 rings (SSSR count). The molecule has 0 saturated heterocycles. The summed E-state index contributed by atoms with van der Waals surface area (Å²) in [6, 6.07) is 21.9. The zero-order chi connectivity index (χ0) is 21.6. The van der Waals surface area contributed by atoms with Gasteiger partial charge in [-0.25, -0.2) is 8.42 Å². The molecule has 0 heterocycles. The molecule has 0 saturated carbocycles. The van der Waals surface area contributed by atoms with E-state index >= 15 is 0 Å². The average molecular weight is 423 g/mol. The number of amides is 1. The number of carbonyl (C=O) groups excluding carboxylic acids is 1. The van der Waals surface area contributed by atoms with Crippen molar-refractivity contribution in [3.05, 3.63) is 95.1 Å². The maximum Gasteiger partial charge on any atom is 0.262 e. The number of sulfonamides is 1. The molecule has 0 aliphatic rings. The lowest BCUT2D eigenvalue weighted by Crippen LogP contribution is -2.24. The van der Waals surface area contributed by atoms with Crippen molar-refractivity contribution in [2.24, 2.45) is 0 Å². The summed E-state index contributed by atoms with van der Waals surface area (Å²) >= 11 is 0. The normalized spacial score (nSPS) is 11.1. The van der Waals surface area contributed by atoms with E-state index in [-0.39, 0.29) is 10.8 Å². The van der Waals surface area contributed by atoms with Gasteiger partial charge in [-0.1, -0.05) is 42.5 Å². The largest absolute Gasteiger partial charge is 0.352 e. The van der Waals surface area contributed by atoms with E-state index in [0.29, 0.717) is 23.4 Å². The van der Waals surface area contributed by atoms with Crippen LogP contribution in [-0.4, -0.2) is 20.9 Å². The first-order chi connectivity index (χ1) is 14.3. The van der Waals surface area contributed by atoms with E-state index in [4.69, 9.17) is 0 Å². The summed E-state index contributed by atoms with van der Waals surface area (Å²) in [7, 11) is -3.69. The van der Waals surface area contributed by atoms with Crippen LogP contribution in [0.1, 0.15) is 33.5 Å². The van der Waals surface area contributed by atoms with Gasteiger partial charge in [0.25, 0.3) is 15.9 Å². The van der Waals surface area contributed by atoms with Crippen LogP contribution in [0.25, 0.3) is 0 Å². The Morgan fingerprint density at radius 3 is 2.30 bits per heavy atom. The molecule has 1 amide bonds. The van der Waals surface area contributed by atoms with Crippen molar-refractivity contribution >= 4 is 21.6 Å². The first-order valence-corrected chi connectivity index (χ1v) is 11.4. The van der Waals surface area contributed by atoms with Gasteiger partial charge >= 0.3 is 0 Å². The molecule has 3 aromatic rings. The van der Waals surface area contributed by atoms with Gasteiger partial charge in [0.2, 0.25) is 0 Å². The van der Waals surface area contributed by atoms with E-state index < -0.39 is 10.0 Å². The molecule has 5 nitrogen and oxygen atoms in total. The van der Waals surface area contributed by atoms with Crippen molar-refractivity contribution in [1.29, 1.82) is 0 Å². The minimum Gasteiger partial charge on any atom is -0.352 e. The summed E-state index contributed by atoms with van der Waals surface area (Å²) in [5.74, 6) is -0.174. The van der Waals surface area contributed by atoms with E-state index in [1.54, 1.807) is 43.3 Å². The second kappa shape index (κ2) is 9.59. The Hall–Kier alpha value is -3.12. The number of aryl methyl sites for hydroxylation is 3. The molecule has 0 bridgehead atoms.